The molecule has 3 rings (SSSR count). The van der Waals surface area contributed by atoms with E-state index in [9.17, 15) is 0 Å². The van der Waals surface area contributed by atoms with E-state index in [1.54, 1.807) is 0 Å². The maximum atomic E-state index is 6.43. The fourth-order valence-corrected chi connectivity index (χ4v) is 6.32. The summed E-state index contributed by atoms with van der Waals surface area (Å²) in [5, 5.41) is 2.57. The molecule has 2 aromatic rings. The van der Waals surface area contributed by atoms with Gasteiger partial charge in [-0.1, -0.05) is 69.3 Å². The van der Waals surface area contributed by atoms with Crippen LogP contribution in [0.25, 0.3) is 10.8 Å². The van der Waals surface area contributed by atoms with E-state index in [4.69, 9.17) is 9.31 Å². The Balaban J connectivity index is 2.12. The maximum absolute atomic E-state index is 6.43. The van der Waals surface area contributed by atoms with Crippen LogP contribution in [0.15, 0.2) is 36.4 Å². The Morgan fingerprint density at radius 2 is 1.42 bits per heavy atom. The van der Waals surface area contributed by atoms with Crippen LogP contribution in [0.1, 0.15) is 59.6 Å². The van der Waals surface area contributed by atoms with Crippen LogP contribution < -0.4 is 5.46 Å². The van der Waals surface area contributed by atoms with Gasteiger partial charge < -0.3 is 9.31 Å². The smallest absolute Gasteiger partial charge is 0.399 e. The molecule has 26 heavy (non-hydrogen) atoms. The predicted molar refractivity (Wildman–Crippen MR) is 115 cm³/mol. The Kier molecular flexibility index (Phi) is 5.40. The van der Waals surface area contributed by atoms with Crippen molar-refractivity contribution in [3.8, 4) is 0 Å². The minimum absolute atomic E-state index is 0.293. The van der Waals surface area contributed by atoms with Crippen LogP contribution in [0.3, 0.4) is 0 Å². The molecule has 1 heterocycles. The van der Waals surface area contributed by atoms with Crippen LogP contribution in [0.4, 0.5) is 0 Å². The molecule has 0 amide bonds. The lowest BCUT2D eigenvalue weighted by Gasteiger charge is -2.32. The SMILES string of the molecule is CC[Si](CC)C(C)c1cc2ccccc2cc1B1OC(C)(C)C(C)(C)O1. The third kappa shape index (κ3) is 3.39. The molecular weight excluding hydrogens is 335 g/mol. The van der Waals surface area contributed by atoms with E-state index in [1.165, 1.54) is 33.9 Å². The first-order valence-corrected chi connectivity index (χ1v) is 11.9. The molecule has 2 nitrogen and oxygen atoms in total. The zero-order valence-corrected chi connectivity index (χ0v) is 18.3. The third-order valence-corrected chi connectivity index (χ3v) is 9.80. The van der Waals surface area contributed by atoms with Gasteiger partial charge in [0, 0.05) is 0 Å². The van der Waals surface area contributed by atoms with Gasteiger partial charge in [0.05, 0.1) is 20.0 Å². The van der Waals surface area contributed by atoms with E-state index in [1.807, 2.05) is 0 Å². The van der Waals surface area contributed by atoms with E-state index < -0.39 is 8.80 Å². The zero-order chi connectivity index (χ0) is 19.1. The van der Waals surface area contributed by atoms with Crippen LogP contribution in [0.2, 0.25) is 12.1 Å². The maximum Gasteiger partial charge on any atom is 0.495 e. The molecule has 1 radical (unpaired) electrons. The molecule has 0 spiro atoms. The van der Waals surface area contributed by atoms with Gasteiger partial charge in [0.15, 0.2) is 0 Å². The largest absolute Gasteiger partial charge is 0.495 e. The van der Waals surface area contributed by atoms with Crippen molar-refractivity contribution in [3.63, 3.8) is 0 Å². The minimum atomic E-state index is -0.440. The second-order valence-electron chi connectivity index (χ2n) is 8.50. The lowest BCUT2D eigenvalue weighted by Crippen LogP contribution is -2.41. The molecule has 1 fully saturated rings. The summed E-state index contributed by atoms with van der Waals surface area (Å²) in [5.41, 5.74) is 2.59. The molecule has 1 atom stereocenters. The topological polar surface area (TPSA) is 18.5 Å². The Morgan fingerprint density at radius 3 is 1.92 bits per heavy atom. The monoisotopic (exact) mass is 367 g/mol. The first kappa shape index (κ1) is 19.7. The van der Waals surface area contributed by atoms with Crippen molar-refractivity contribution in [2.24, 2.45) is 0 Å². The normalized spacial score (nSPS) is 20.1. The van der Waals surface area contributed by atoms with Crippen LogP contribution in [-0.4, -0.2) is 27.1 Å². The quantitative estimate of drug-likeness (QED) is 0.666. The molecule has 2 aromatic carbocycles. The lowest BCUT2D eigenvalue weighted by atomic mass is 9.74. The first-order valence-electron chi connectivity index (χ1n) is 9.93. The second-order valence-corrected chi connectivity index (χ2v) is 12.1. The molecule has 139 valence electrons. The molecule has 1 aliphatic heterocycles. The Hall–Kier alpha value is -1.10. The van der Waals surface area contributed by atoms with E-state index in [-0.39, 0.29) is 18.3 Å². The Labute approximate surface area is 161 Å². The summed E-state index contributed by atoms with van der Waals surface area (Å²) in [6, 6.07) is 15.9. The molecule has 0 saturated carbocycles. The van der Waals surface area contributed by atoms with Crippen molar-refractivity contribution >= 4 is 32.2 Å². The van der Waals surface area contributed by atoms with E-state index in [2.05, 4.69) is 84.9 Å². The predicted octanol–water partition coefficient (Wildman–Crippen LogP) is 5.32. The molecule has 1 aliphatic rings. The van der Waals surface area contributed by atoms with E-state index in [0.717, 1.165) is 0 Å². The highest BCUT2D eigenvalue weighted by Gasteiger charge is 2.52. The van der Waals surface area contributed by atoms with Crippen molar-refractivity contribution in [1.29, 1.82) is 0 Å². The molecule has 0 aliphatic carbocycles. The number of rotatable bonds is 5. The minimum Gasteiger partial charge on any atom is -0.399 e. The molecule has 0 bridgehead atoms. The van der Waals surface area contributed by atoms with Crippen molar-refractivity contribution in [2.45, 2.75) is 77.3 Å². The van der Waals surface area contributed by atoms with Gasteiger partial charge >= 0.3 is 7.12 Å². The molecule has 1 unspecified atom stereocenters. The van der Waals surface area contributed by atoms with Gasteiger partial charge in [-0.15, -0.1) is 0 Å². The molecule has 0 aromatic heterocycles. The third-order valence-electron chi connectivity index (χ3n) is 6.45. The van der Waals surface area contributed by atoms with Crippen LogP contribution in [-0.2, 0) is 9.31 Å². The fourth-order valence-electron chi connectivity index (χ4n) is 3.91. The highest BCUT2D eigenvalue weighted by molar-refractivity contribution is 6.65. The van der Waals surface area contributed by atoms with E-state index in [0.29, 0.717) is 5.54 Å². The summed E-state index contributed by atoms with van der Waals surface area (Å²) in [6.45, 7) is 15.6. The highest BCUT2D eigenvalue weighted by atomic mass is 28.3. The van der Waals surface area contributed by atoms with Gasteiger partial charge in [0.1, 0.15) is 0 Å². The van der Waals surface area contributed by atoms with Crippen LogP contribution in [0, 0.1) is 0 Å². The van der Waals surface area contributed by atoms with Crippen molar-refractivity contribution in [3.05, 3.63) is 42.0 Å². The standard InChI is InChI=1S/C22H32BO2Si/c1-8-26(9-2)16(3)19-14-17-12-10-11-13-18(17)15-20(19)23-24-21(4,5)22(6,7)25-23/h10-16H,8-9H2,1-7H3. The van der Waals surface area contributed by atoms with Gasteiger partial charge in [0.2, 0.25) is 0 Å². The molecule has 0 N–H and O–H groups in total. The Bertz CT molecular complexity index is 767. The van der Waals surface area contributed by atoms with Gasteiger partial charge in [-0.3, -0.25) is 0 Å². The summed E-state index contributed by atoms with van der Waals surface area (Å²) in [7, 11) is -0.733. The summed E-state index contributed by atoms with van der Waals surface area (Å²) in [6.07, 6.45) is 0. The zero-order valence-electron chi connectivity index (χ0n) is 17.3. The highest BCUT2D eigenvalue weighted by Crippen LogP contribution is 2.37. The first-order chi connectivity index (χ1) is 12.2. The van der Waals surface area contributed by atoms with Gasteiger partial charge in [-0.25, -0.2) is 0 Å². The average Bonchev–Trinajstić information content (AvgIpc) is 2.82. The summed E-state index contributed by atoms with van der Waals surface area (Å²) in [5.74, 6) is 0. The Morgan fingerprint density at radius 1 is 0.923 bits per heavy atom. The number of fused-ring (bicyclic) bond motifs is 1. The fraction of sp³-hybridized carbons (Fsp3) is 0.545. The van der Waals surface area contributed by atoms with Crippen LogP contribution >= 0.6 is 0 Å². The molecule has 4 heteroatoms. The average molecular weight is 367 g/mol. The van der Waals surface area contributed by atoms with Gasteiger partial charge in [-0.2, -0.15) is 0 Å². The van der Waals surface area contributed by atoms with Crippen LogP contribution in [0.5, 0.6) is 0 Å². The van der Waals surface area contributed by atoms with Gasteiger partial charge in [0.25, 0.3) is 0 Å². The lowest BCUT2D eigenvalue weighted by molar-refractivity contribution is 0.00578. The summed E-state index contributed by atoms with van der Waals surface area (Å²) >= 11 is 0. The van der Waals surface area contributed by atoms with Crippen molar-refractivity contribution < 1.29 is 9.31 Å². The van der Waals surface area contributed by atoms with Crippen molar-refractivity contribution in [1.82, 2.24) is 0 Å². The second kappa shape index (κ2) is 7.14. The number of hydrogen-bond donors (Lipinski definition) is 0. The summed E-state index contributed by atoms with van der Waals surface area (Å²) in [4.78, 5) is 0. The van der Waals surface area contributed by atoms with Crippen molar-refractivity contribution in [2.75, 3.05) is 0 Å². The number of hydrogen-bond acceptors (Lipinski definition) is 2. The molecule has 1 saturated heterocycles. The summed E-state index contributed by atoms with van der Waals surface area (Å²) < 4.78 is 12.9. The van der Waals surface area contributed by atoms with Gasteiger partial charge in [-0.05, 0) is 55.0 Å². The molecular formula is C22H32BO2Si. The number of benzene rings is 2. The van der Waals surface area contributed by atoms with E-state index >= 15 is 0 Å².